The van der Waals surface area contributed by atoms with Crippen molar-refractivity contribution in [1.29, 1.82) is 0 Å². The summed E-state index contributed by atoms with van der Waals surface area (Å²) in [5.41, 5.74) is 2.39. The Morgan fingerprint density at radius 3 is 2.09 bits per heavy atom. The second kappa shape index (κ2) is 10.3. The van der Waals surface area contributed by atoms with E-state index in [2.05, 4.69) is 111 Å². The second-order valence-corrected chi connectivity index (χ2v) is 21.7. The lowest BCUT2D eigenvalue weighted by Gasteiger charge is -2.28. The van der Waals surface area contributed by atoms with Gasteiger partial charge in [0.15, 0.2) is 0 Å². The summed E-state index contributed by atoms with van der Waals surface area (Å²) in [7, 11) is -0.747. The third kappa shape index (κ3) is 6.28. The number of benzene rings is 3. The summed E-state index contributed by atoms with van der Waals surface area (Å²) in [5.74, 6) is 1.11. The van der Waals surface area contributed by atoms with Crippen molar-refractivity contribution in [2.75, 3.05) is 7.05 Å². The molecule has 168 valence electrons. The molecule has 2 nitrogen and oxygen atoms in total. The van der Waals surface area contributed by atoms with Crippen LogP contribution in [0.3, 0.4) is 0 Å². The zero-order valence-electron chi connectivity index (χ0n) is 20.5. The first kappa shape index (κ1) is 24.6. The molecule has 0 amide bonds. The van der Waals surface area contributed by atoms with Crippen molar-refractivity contribution in [2.24, 2.45) is 4.99 Å². The van der Waals surface area contributed by atoms with Gasteiger partial charge in [-0.3, -0.25) is 4.99 Å². The molecule has 1 unspecified atom stereocenters. The monoisotopic (exact) mass is 477 g/mol. The number of nitrogens with zero attached hydrogens (tertiary/aromatic N) is 1. The van der Waals surface area contributed by atoms with E-state index in [1.165, 1.54) is 32.1 Å². The van der Waals surface area contributed by atoms with E-state index in [-0.39, 0.29) is 0 Å². The number of ether oxygens (including phenoxy) is 1. The Kier molecular flexibility index (Phi) is 7.92. The van der Waals surface area contributed by atoms with E-state index in [0.717, 1.165) is 5.75 Å². The zero-order valence-corrected chi connectivity index (χ0v) is 23.5. The van der Waals surface area contributed by atoms with E-state index in [1.54, 1.807) is 0 Å². The molecule has 0 aromatic heterocycles. The van der Waals surface area contributed by atoms with Gasteiger partial charge in [-0.05, 0) is 21.6 Å². The van der Waals surface area contributed by atoms with Crippen LogP contribution in [0.25, 0.3) is 0 Å². The van der Waals surface area contributed by atoms with Crippen molar-refractivity contribution in [3.8, 4) is 5.75 Å². The molecule has 1 atom stereocenters. The molecule has 0 bridgehead atoms. The summed E-state index contributed by atoms with van der Waals surface area (Å²) in [6, 6.07) is 24.0. The van der Waals surface area contributed by atoms with E-state index < -0.39 is 16.1 Å². The molecule has 0 aliphatic carbocycles. The highest BCUT2D eigenvalue weighted by Gasteiger charge is 2.28. The average molecular weight is 478 g/mol. The van der Waals surface area contributed by atoms with Gasteiger partial charge in [0.2, 0.25) is 0 Å². The maximum Gasteiger partial charge on any atom is 0.126 e. The lowest BCUT2D eigenvalue weighted by Crippen LogP contribution is -2.48. The Balaban J connectivity index is 2.15. The van der Waals surface area contributed by atoms with Gasteiger partial charge in [0.25, 0.3) is 0 Å². The Bertz CT molecular complexity index is 1080. The summed E-state index contributed by atoms with van der Waals surface area (Å²) < 4.78 is 6.64. The number of hydrogen-bond donors (Lipinski definition) is 0. The molecule has 0 saturated heterocycles. The van der Waals surface area contributed by atoms with Crippen molar-refractivity contribution in [3.63, 3.8) is 0 Å². The number of aliphatic imine (C=N–C) groups is 1. The third-order valence-corrected chi connectivity index (χ3v) is 10.9. The molecule has 3 aromatic rings. The first-order chi connectivity index (χ1) is 15.1. The molecule has 0 radical (unpaired) electrons. The lowest BCUT2D eigenvalue weighted by molar-refractivity contribution is 0.311. The van der Waals surface area contributed by atoms with E-state index in [0.29, 0.717) is 15.2 Å². The first-order valence-electron chi connectivity index (χ1n) is 11.2. The molecular formula is C27H36NOPSi2. The summed E-state index contributed by atoms with van der Waals surface area (Å²) in [5, 5.41) is 5.61. The molecule has 32 heavy (non-hydrogen) atoms. The third-order valence-electron chi connectivity index (χ3n) is 5.49. The Morgan fingerprint density at radius 1 is 0.812 bits per heavy atom. The number of rotatable bonds is 8. The molecular weight excluding hydrogens is 441 g/mol. The molecule has 0 spiro atoms. The van der Waals surface area contributed by atoms with Gasteiger partial charge < -0.3 is 4.74 Å². The molecule has 0 saturated carbocycles. The fraction of sp³-hybridized carbons (Fsp3) is 0.296. The van der Waals surface area contributed by atoms with Gasteiger partial charge in [-0.15, -0.1) is 0 Å². The van der Waals surface area contributed by atoms with E-state index in [4.69, 9.17) is 4.74 Å². The molecule has 0 aliphatic heterocycles. The van der Waals surface area contributed by atoms with Gasteiger partial charge in [-0.1, -0.05) is 120 Å². The van der Waals surface area contributed by atoms with Crippen LogP contribution < -0.4 is 25.7 Å². The predicted octanol–water partition coefficient (Wildman–Crippen LogP) is 5.03. The quantitative estimate of drug-likeness (QED) is 0.253. The smallest absolute Gasteiger partial charge is 0.126 e. The fourth-order valence-electron chi connectivity index (χ4n) is 3.60. The van der Waals surface area contributed by atoms with Gasteiger partial charge >= 0.3 is 0 Å². The van der Waals surface area contributed by atoms with E-state index >= 15 is 0 Å². The minimum absolute atomic E-state index is 0.531. The molecule has 3 rings (SSSR count). The number of hydrogen-bond acceptors (Lipinski definition) is 2. The van der Waals surface area contributed by atoms with Crippen LogP contribution in [0.1, 0.15) is 11.1 Å². The van der Waals surface area contributed by atoms with Crippen molar-refractivity contribution >= 4 is 51.9 Å². The molecule has 3 aromatic carbocycles. The Hall–Kier alpha value is -2.01. The van der Waals surface area contributed by atoms with E-state index in [1.807, 2.05) is 13.3 Å². The zero-order chi connectivity index (χ0) is 23.4. The van der Waals surface area contributed by atoms with Gasteiger partial charge in [-0.25, -0.2) is 0 Å². The van der Waals surface area contributed by atoms with Crippen molar-refractivity contribution in [3.05, 3.63) is 77.9 Å². The Morgan fingerprint density at radius 2 is 1.47 bits per heavy atom. The standard InChI is InChI=1S/C27H36NOPSi2/c1-28-19-22-15-11-12-16-24(22)30-25-17-23(31(2,3)4)18-26(32(5,6)7)27(25)29-20-21-13-9-8-10-14-21/h8-19,30H,20H2,1-7H3/b28-19+. The highest BCUT2D eigenvalue weighted by Crippen LogP contribution is 2.23. The van der Waals surface area contributed by atoms with Crippen molar-refractivity contribution in [2.45, 2.75) is 45.9 Å². The van der Waals surface area contributed by atoms with Crippen LogP contribution in [0.4, 0.5) is 0 Å². The van der Waals surface area contributed by atoms with Gasteiger partial charge in [0, 0.05) is 18.6 Å². The van der Waals surface area contributed by atoms with Crippen LogP contribution in [-0.4, -0.2) is 29.4 Å². The summed E-state index contributed by atoms with van der Waals surface area (Å²) in [4.78, 5) is 4.28. The molecule has 5 heteroatoms. The Labute approximate surface area is 198 Å². The van der Waals surface area contributed by atoms with Gasteiger partial charge in [0.05, 0.1) is 16.1 Å². The van der Waals surface area contributed by atoms with Crippen molar-refractivity contribution in [1.82, 2.24) is 0 Å². The minimum atomic E-state index is -1.63. The van der Waals surface area contributed by atoms with Crippen LogP contribution in [0.15, 0.2) is 71.7 Å². The van der Waals surface area contributed by atoms with Crippen molar-refractivity contribution < 1.29 is 4.74 Å². The predicted molar refractivity (Wildman–Crippen MR) is 151 cm³/mol. The minimum Gasteiger partial charge on any atom is -0.488 e. The van der Waals surface area contributed by atoms with Crippen LogP contribution in [0.5, 0.6) is 5.75 Å². The van der Waals surface area contributed by atoms with Gasteiger partial charge in [0.1, 0.15) is 12.4 Å². The SMILES string of the molecule is C/N=C/c1ccccc1Pc1cc([Si](C)(C)C)cc([Si](C)(C)C)c1OCc1ccccc1. The largest absolute Gasteiger partial charge is 0.488 e. The molecule has 0 aliphatic rings. The average Bonchev–Trinajstić information content (AvgIpc) is 2.73. The fourth-order valence-corrected chi connectivity index (χ4v) is 7.96. The van der Waals surface area contributed by atoms with Crippen LogP contribution in [0, 0.1) is 0 Å². The maximum absolute atomic E-state index is 6.64. The highest BCUT2D eigenvalue weighted by molar-refractivity contribution is 7.56. The highest BCUT2D eigenvalue weighted by atomic mass is 31.1. The molecule has 0 heterocycles. The summed E-state index contributed by atoms with van der Waals surface area (Å²) >= 11 is 0. The lowest BCUT2D eigenvalue weighted by atomic mass is 10.2. The molecule has 0 fully saturated rings. The molecule has 0 N–H and O–H groups in total. The normalized spacial score (nSPS) is 12.7. The van der Waals surface area contributed by atoms with Crippen LogP contribution in [-0.2, 0) is 6.61 Å². The first-order valence-corrected chi connectivity index (χ1v) is 19.2. The summed E-state index contributed by atoms with van der Waals surface area (Å²) in [6.07, 6.45) is 1.97. The topological polar surface area (TPSA) is 21.6 Å². The van der Waals surface area contributed by atoms with Crippen LogP contribution in [0.2, 0.25) is 39.3 Å². The second-order valence-electron chi connectivity index (χ2n) is 10.3. The van der Waals surface area contributed by atoms with E-state index in [9.17, 15) is 0 Å². The van der Waals surface area contributed by atoms with Crippen LogP contribution >= 0.6 is 8.58 Å². The maximum atomic E-state index is 6.64. The van der Waals surface area contributed by atoms with Gasteiger partial charge in [-0.2, -0.15) is 0 Å². The summed E-state index contributed by atoms with van der Waals surface area (Å²) in [6.45, 7) is 15.2.